The molecule has 0 aliphatic heterocycles. The predicted octanol–water partition coefficient (Wildman–Crippen LogP) is 5.47. The summed E-state index contributed by atoms with van der Waals surface area (Å²) in [5.41, 5.74) is 5.59. The summed E-state index contributed by atoms with van der Waals surface area (Å²) in [5, 5.41) is 0. The number of benzene rings is 2. The van der Waals surface area contributed by atoms with Crippen molar-refractivity contribution < 1.29 is 32.7 Å². The van der Waals surface area contributed by atoms with Crippen LogP contribution in [0.25, 0.3) is 0 Å². The van der Waals surface area contributed by atoms with Crippen LogP contribution in [-0.4, -0.2) is 0 Å². The van der Waals surface area contributed by atoms with Gasteiger partial charge in [0.2, 0.25) is 0 Å². The standard InChI is InChI=1S/C21H26.Y/c1-20(2,3)18-13-12-17(15-19(18)21(4,5)6)14-16-10-8-7-9-11-16;/h7-10,13,15H,14H2,1-6H3;/q-2;. The zero-order valence-electron chi connectivity index (χ0n) is 14.7. The molecule has 0 atom stereocenters. The van der Waals surface area contributed by atoms with Crippen LogP contribution in [0.15, 0.2) is 36.4 Å². The van der Waals surface area contributed by atoms with E-state index in [1.165, 1.54) is 22.3 Å². The molecule has 0 aliphatic carbocycles. The van der Waals surface area contributed by atoms with Crippen molar-refractivity contribution in [3.63, 3.8) is 0 Å². The van der Waals surface area contributed by atoms with Crippen LogP contribution in [-0.2, 0) is 50.0 Å². The molecular formula is C21H26Y-2. The zero-order valence-corrected chi connectivity index (χ0v) is 17.6. The van der Waals surface area contributed by atoms with Gasteiger partial charge >= 0.3 is 0 Å². The Morgan fingerprint density at radius 1 is 0.818 bits per heavy atom. The maximum Gasteiger partial charge on any atom is 0 e. The van der Waals surface area contributed by atoms with Crippen LogP contribution < -0.4 is 0 Å². The largest absolute Gasteiger partial charge is 0.180 e. The minimum Gasteiger partial charge on any atom is -0.180 e. The van der Waals surface area contributed by atoms with Crippen molar-refractivity contribution in [3.05, 3.63) is 70.8 Å². The molecule has 0 aliphatic rings. The van der Waals surface area contributed by atoms with Crippen molar-refractivity contribution in [3.8, 4) is 0 Å². The molecule has 0 N–H and O–H groups in total. The first-order valence-electron chi connectivity index (χ1n) is 7.69. The van der Waals surface area contributed by atoms with E-state index in [4.69, 9.17) is 0 Å². The van der Waals surface area contributed by atoms with Gasteiger partial charge in [-0.3, -0.25) is 0 Å². The van der Waals surface area contributed by atoms with E-state index in [2.05, 4.69) is 77.9 Å². The molecule has 2 aromatic rings. The second-order valence-electron chi connectivity index (χ2n) is 7.85. The van der Waals surface area contributed by atoms with Gasteiger partial charge in [0.1, 0.15) is 0 Å². The zero-order chi connectivity index (χ0) is 15.7. The number of hydrogen-bond donors (Lipinski definition) is 0. The fourth-order valence-corrected chi connectivity index (χ4v) is 2.63. The Morgan fingerprint density at radius 2 is 1.45 bits per heavy atom. The molecule has 0 bridgehead atoms. The van der Waals surface area contributed by atoms with Crippen molar-refractivity contribution in [1.82, 2.24) is 0 Å². The van der Waals surface area contributed by atoms with Gasteiger partial charge in [-0.15, -0.1) is 11.1 Å². The third-order valence-electron chi connectivity index (χ3n) is 3.78. The van der Waals surface area contributed by atoms with E-state index in [0.717, 1.165) is 6.42 Å². The minimum atomic E-state index is 0. The Labute approximate surface area is 161 Å². The molecule has 115 valence electrons. The second kappa shape index (κ2) is 7.41. The fourth-order valence-electron chi connectivity index (χ4n) is 2.63. The Morgan fingerprint density at radius 3 is 1.95 bits per heavy atom. The van der Waals surface area contributed by atoms with E-state index < -0.39 is 0 Å². The molecule has 0 heterocycles. The molecule has 0 spiro atoms. The Bertz CT molecular complexity index is 598. The molecule has 0 saturated carbocycles. The maximum atomic E-state index is 3.48. The summed E-state index contributed by atoms with van der Waals surface area (Å²) in [4.78, 5) is 0. The third kappa shape index (κ3) is 5.03. The average Bonchev–Trinajstić information content (AvgIpc) is 2.37. The first-order chi connectivity index (χ1) is 9.68. The summed E-state index contributed by atoms with van der Waals surface area (Å²) in [6, 6.07) is 19.5. The SMILES string of the molecule is CC(C)(C)c1c[c-]c(Cc2[c-]cccc2)cc1C(C)(C)C.[Y]. The van der Waals surface area contributed by atoms with Gasteiger partial charge in [0.15, 0.2) is 0 Å². The van der Waals surface area contributed by atoms with Crippen LogP contribution in [0, 0.1) is 12.1 Å². The van der Waals surface area contributed by atoms with Crippen molar-refractivity contribution in [2.75, 3.05) is 0 Å². The molecule has 1 radical (unpaired) electrons. The molecule has 22 heavy (non-hydrogen) atoms. The van der Waals surface area contributed by atoms with Crippen LogP contribution in [0.1, 0.15) is 63.8 Å². The van der Waals surface area contributed by atoms with Gasteiger partial charge in [-0.05, 0) is 11.8 Å². The molecule has 2 rings (SSSR count). The van der Waals surface area contributed by atoms with Crippen molar-refractivity contribution in [2.24, 2.45) is 0 Å². The molecular weight excluding hydrogens is 341 g/mol. The first-order valence-corrected chi connectivity index (χ1v) is 7.69. The number of rotatable bonds is 2. The van der Waals surface area contributed by atoms with E-state index in [-0.39, 0.29) is 43.5 Å². The van der Waals surface area contributed by atoms with Gasteiger partial charge in [-0.2, -0.15) is 59.7 Å². The van der Waals surface area contributed by atoms with Crippen molar-refractivity contribution in [1.29, 1.82) is 0 Å². The summed E-state index contributed by atoms with van der Waals surface area (Å²) in [6.07, 6.45) is 0.897. The Kier molecular flexibility index (Phi) is 6.60. The van der Waals surface area contributed by atoms with E-state index in [0.29, 0.717) is 0 Å². The predicted molar refractivity (Wildman–Crippen MR) is 90.8 cm³/mol. The summed E-state index contributed by atoms with van der Waals surface area (Å²) in [7, 11) is 0. The van der Waals surface area contributed by atoms with E-state index in [1.807, 2.05) is 12.1 Å². The van der Waals surface area contributed by atoms with Crippen LogP contribution >= 0.6 is 0 Å². The monoisotopic (exact) mass is 367 g/mol. The summed E-state index contributed by atoms with van der Waals surface area (Å²) in [6.45, 7) is 13.7. The third-order valence-corrected chi connectivity index (χ3v) is 3.78. The maximum absolute atomic E-state index is 3.48. The van der Waals surface area contributed by atoms with Crippen LogP contribution in [0.2, 0.25) is 0 Å². The van der Waals surface area contributed by atoms with E-state index >= 15 is 0 Å². The topological polar surface area (TPSA) is 0 Å². The van der Waals surface area contributed by atoms with Gasteiger partial charge in [-0.1, -0.05) is 47.0 Å². The van der Waals surface area contributed by atoms with Gasteiger partial charge < -0.3 is 0 Å². The first kappa shape index (κ1) is 19.6. The van der Waals surface area contributed by atoms with Gasteiger partial charge in [0, 0.05) is 32.7 Å². The molecule has 0 saturated heterocycles. The molecule has 0 unspecified atom stereocenters. The molecule has 0 fully saturated rings. The molecule has 0 aromatic heterocycles. The molecule has 1 heteroatoms. The second-order valence-corrected chi connectivity index (χ2v) is 7.85. The van der Waals surface area contributed by atoms with Crippen LogP contribution in [0.4, 0.5) is 0 Å². The van der Waals surface area contributed by atoms with Gasteiger partial charge in [0.05, 0.1) is 0 Å². The van der Waals surface area contributed by atoms with E-state index in [9.17, 15) is 0 Å². The molecule has 0 amide bonds. The minimum absolute atomic E-state index is 0. The summed E-state index contributed by atoms with van der Waals surface area (Å²) >= 11 is 0. The van der Waals surface area contributed by atoms with Crippen molar-refractivity contribution >= 4 is 0 Å². The number of hydrogen-bond acceptors (Lipinski definition) is 0. The Hall–Kier alpha value is -0.456. The van der Waals surface area contributed by atoms with Gasteiger partial charge in [-0.25, -0.2) is 0 Å². The van der Waals surface area contributed by atoms with Crippen LogP contribution in [0.5, 0.6) is 0 Å². The Balaban J connectivity index is 0.00000242. The normalized spacial score (nSPS) is 11.9. The fraction of sp³-hybridized carbons (Fsp3) is 0.429. The summed E-state index contributed by atoms with van der Waals surface area (Å²) in [5.74, 6) is 0. The van der Waals surface area contributed by atoms with Crippen molar-refractivity contribution in [2.45, 2.75) is 58.8 Å². The van der Waals surface area contributed by atoms with Gasteiger partial charge in [0.25, 0.3) is 0 Å². The molecule has 0 nitrogen and oxygen atoms in total. The summed E-state index contributed by atoms with van der Waals surface area (Å²) < 4.78 is 0. The van der Waals surface area contributed by atoms with Crippen LogP contribution in [0.3, 0.4) is 0 Å². The smallest absolute Gasteiger partial charge is 0 e. The molecule has 2 aromatic carbocycles. The quantitative estimate of drug-likeness (QED) is 0.618. The van der Waals surface area contributed by atoms with E-state index in [1.54, 1.807) is 0 Å². The average molecular weight is 367 g/mol.